The van der Waals surface area contributed by atoms with Crippen LogP contribution < -0.4 is 11.3 Å². The molecule has 2 rings (SSSR count). The molecule has 0 fully saturated rings. The predicted molar refractivity (Wildman–Crippen MR) is 82.7 cm³/mol. The van der Waals surface area contributed by atoms with Crippen LogP contribution in [-0.2, 0) is 24.4 Å². The molecule has 2 N–H and O–H groups in total. The molecule has 20 heavy (non-hydrogen) atoms. The highest BCUT2D eigenvalue weighted by molar-refractivity contribution is 9.10. The van der Waals surface area contributed by atoms with Crippen LogP contribution in [0.3, 0.4) is 0 Å². The minimum atomic E-state index is -0.165. The standard InChI is InChI=1S/C14H18BrN3O2/c1-3-17-12(9-20-2)13(16)14(19)18(17)8-10-4-6-11(15)7-5-10/h4-7H,3,8-9,16H2,1-2H3. The van der Waals surface area contributed by atoms with E-state index in [0.717, 1.165) is 15.7 Å². The average Bonchev–Trinajstić information content (AvgIpc) is 2.67. The molecule has 0 aliphatic rings. The molecular formula is C14H18BrN3O2. The second kappa shape index (κ2) is 6.28. The van der Waals surface area contributed by atoms with Crippen LogP contribution in [0.15, 0.2) is 33.5 Å². The maximum absolute atomic E-state index is 12.3. The van der Waals surface area contributed by atoms with Gasteiger partial charge >= 0.3 is 0 Å². The van der Waals surface area contributed by atoms with Crippen molar-refractivity contribution in [1.29, 1.82) is 0 Å². The number of ether oxygens (including phenoxy) is 1. The van der Waals surface area contributed by atoms with Gasteiger partial charge in [0.2, 0.25) is 0 Å². The third-order valence-corrected chi connectivity index (χ3v) is 3.73. The summed E-state index contributed by atoms with van der Waals surface area (Å²) in [6.45, 7) is 3.48. The number of hydrogen-bond acceptors (Lipinski definition) is 3. The van der Waals surface area contributed by atoms with E-state index in [9.17, 15) is 4.79 Å². The van der Waals surface area contributed by atoms with E-state index < -0.39 is 0 Å². The number of aromatic nitrogens is 2. The number of nitrogens with zero attached hydrogens (tertiary/aromatic N) is 2. The van der Waals surface area contributed by atoms with Crippen molar-refractivity contribution in [1.82, 2.24) is 9.36 Å². The third kappa shape index (κ3) is 2.81. The summed E-state index contributed by atoms with van der Waals surface area (Å²) in [5, 5.41) is 0. The quantitative estimate of drug-likeness (QED) is 0.908. The number of rotatable bonds is 5. The molecule has 0 saturated carbocycles. The Morgan fingerprint density at radius 1 is 1.25 bits per heavy atom. The van der Waals surface area contributed by atoms with Crippen molar-refractivity contribution in [3.05, 3.63) is 50.3 Å². The predicted octanol–water partition coefficient (Wildman–Crippen LogP) is 2.21. The first-order chi connectivity index (χ1) is 9.58. The lowest BCUT2D eigenvalue weighted by molar-refractivity contribution is 0.175. The summed E-state index contributed by atoms with van der Waals surface area (Å²) in [7, 11) is 1.59. The lowest BCUT2D eigenvalue weighted by Gasteiger charge is -2.12. The third-order valence-electron chi connectivity index (χ3n) is 3.20. The topological polar surface area (TPSA) is 62.2 Å². The molecule has 5 nitrogen and oxygen atoms in total. The lowest BCUT2D eigenvalue weighted by Crippen LogP contribution is -2.24. The highest BCUT2D eigenvalue weighted by atomic mass is 79.9. The van der Waals surface area contributed by atoms with E-state index in [1.165, 1.54) is 0 Å². The molecule has 0 saturated heterocycles. The first-order valence-corrected chi connectivity index (χ1v) is 7.19. The maximum Gasteiger partial charge on any atom is 0.290 e. The van der Waals surface area contributed by atoms with Gasteiger partial charge in [-0.25, -0.2) is 4.68 Å². The fourth-order valence-electron chi connectivity index (χ4n) is 2.23. The number of nitrogen functional groups attached to an aromatic ring is 1. The van der Waals surface area contributed by atoms with Crippen LogP contribution in [0.5, 0.6) is 0 Å². The number of methoxy groups -OCH3 is 1. The number of benzene rings is 1. The Hall–Kier alpha value is -1.53. The fraction of sp³-hybridized carbons (Fsp3) is 0.357. The van der Waals surface area contributed by atoms with E-state index in [2.05, 4.69) is 15.9 Å². The monoisotopic (exact) mass is 339 g/mol. The minimum Gasteiger partial charge on any atom is -0.393 e. The molecule has 108 valence electrons. The smallest absolute Gasteiger partial charge is 0.290 e. The summed E-state index contributed by atoms with van der Waals surface area (Å²) >= 11 is 3.40. The summed E-state index contributed by atoms with van der Waals surface area (Å²) in [6.07, 6.45) is 0. The van der Waals surface area contributed by atoms with Gasteiger partial charge in [-0.3, -0.25) is 9.48 Å². The molecule has 0 radical (unpaired) electrons. The summed E-state index contributed by atoms with van der Waals surface area (Å²) < 4.78 is 9.68. The second-order valence-corrected chi connectivity index (χ2v) is 5.41. The average molecular weight is 340 g/mol. The number of hydrogen-bond donors (Lipinski definition) is 1. The molecular weight excluding hydrogens is 322 g/mol. The van der Waals surface area contributed by atoms with Gasteiger partial charge in [0.05, 0.1) is 18.8 Å². The number of halogens is 1. The molecule has 0 unspecified atom stereocenters. The summed E-state index contributed by atoms with van der Waals surface area (Å²) in [4.78, 5) is 12.3. The Morgan fingerprint density at radius 2 is 1.90 bits per heavy atom. The number of nitrogens with two attached hydrogens (primary N) is 1. The Labute approximate surface area is 126 Å². The van der Waals surface area contributed by atoms with Crippen LogP contribution in [0, 0.1) is 0 Å². The Kier molecular flexibility index (Phi) is 4.67. The van der Waals surface area contributed by atoms with Crippen molar-refractivity contribution >= 4 is 21.6 Å². The number of anilines is 1. The van der Waals surface area contributed by atoms with Gasteiger partial charge in [-0.2, -0.15) is 0 Å². The second-order valence-electron chi connectivity index (χ2n) is 4.50. The molecule has 0 spiro atoms. The van der Waals surface area contributed by atoms with Crippen LogP contribution in [-0.4, -0.2) is 16.5 Å². The highest BCUT2D eigenvalue weighted by Gasteiger charge is 2.16. The molecule has 0 bridgehead atoms. The van der Waals surface area contributed by atoms with Crippen LogP contribution in [0.2, 0.25) is 0 Å². The van der Waals surface area contributed by atoms with Gasteiger partial charge in [-0.05, 0) is 24.6 Å². The molecule has 1 aromatic carbocycles. The highest BCUT2D eigenvalue weighted by Crippen LogP contribution is 2.14. The van der Waals surface area contributed by atoms with E-state index in [1.54, 1.807) is 11.8 Å². The van der Waals surface area contributed by atoms with Crippen molar-refractivity contribution < 1.29 is 4.74 Å². The molecule has 1 heterocycles. The van der Waals surface area contributed by atoms with Gasteiger partial charge < -0.3 is 10.5 Å². The molecule has 1 aromatic heterocycles. The molecule has 0 aliphatic carbocycles. The Morgan fingerprint density at radius 3 is 2.45 bits per heavy atom. The van der Waals surface area contributed by atoms with Crippen molar-refractivity contribution in [3.63, 3.8) is 0 Å². The van der Waals surface area contributed by atoms with Gasteiger partial charge in [0.25, 0.3) is 5.56 Å². The minimum absolute atomic E-state index is 0.165. The van der Waals surface area contributed by atoms with Crippen LogP contribution >= 0.6 is 15.9 Å². The first-order valence-electron chi connectivity index (χ1n) is 6.39. The summed E-state index contributed by atoms with van der Waals surface area (Å²) in [5.74, 6) is 0. The van der Waals surface area contributed by atoms with Gasteiger partial charge in [0.1, 0.15) is 5.69 Å². The lowest BCUT2D eigenvalue weighted by atomic mass is 10.2. The van der Waals surface area contributed by atoms with E-state index in [4.69, 9.17) is 10.5 Å². The fourth-order valence-corrected chi connectivity index (χ4v) is 2.49. The van der Waals surface area contributed by atoms with E-state index in [1.807, 2.05) is 35.9 Å². The van der Waals surface area contributed by atoms with E-state index in [-0.39, 0.29) is 11.2 Å². The zero-order chi connectivity index (χ0) is 14.7. The summed E-state index contributed by atoms with van der Waals surface area (Å²) in [5.41, 5.74) is 7.79. The largest absolute Gasteiger partial charge is 0.393 e. The van der Waals surface area contributed by atoms with Crippen LogP contribution in [0.4, 0.5) is 5.69 Å². The zero-order valence-corrected chi connectivity index (χ0v) is 13.2. The Balaban J connectivity index is 2.43. The van der Waals surface area contributed by atoms with Crippen molar-refractivity contribution in [2.24, 2.45) is 0 Å². The van der Waals surface area contributed by atoms with E-state index >= 15 is 0 Å². The van der Waals surface area contributed by atoms with Gasteiger partial charge in [-0.1, -0.05) is 28.1 Å². The zero-order valence-electron chi connectivity index (χ0n) is 11.6. The molecule has 0 atom stereocenters. The molecule has 0 aliphatic heterocycles. The molecule has 2 aromatic rings. The van der Waals surface area contributed by atoms with Gasteiger partial charge in [-0.15, -0.1) is 0 Å². The van der Waals surface area contributed by atoms with Crippen molar-refractivity contribution in [3.8, 4) is 0 Å². The van der Waals surface area contributed by atoms with Crippen molar-refractivity contribution in [2.75, 3.05) is 12.8 Å². The molecule has 0 amide bonds. The van der Waals surface area contributed by atoms with Gasteiger partial charge in [0.15, 0.2) is 0 Å². The maximum atomic E-state index is 12.3. The first kappa shape index (κ1) is 14.9. The van der Waals surface area contributed by atoms with E-state index in [0.29, 0.717) is 19.7 Å². The van der Waals surface area contributed by atoms with Crippen LogP contribution in [0.1, 0.15) is 18.2 Å². The van der Waals surface area contributed by atoms with Gasteiger partial charge in [0, 0.05) is 18.1 Å². The Bertz CT molecular complexity index is 644. The van der Waals surface area contributed by atoms with Crippen LogP contribution in [0.25, 0.3) is 0 Å². The summed E-state index contributed by atoms with van der Waals surface area (Å²) in [6, 6.07) is 7.88. The SMILES string of the molecule is CCn1c(COC)c(N)c(=O)n1Cc1ccc(Br)cc1. The van der Waals surface area contributed by atoms with Crippen molar-refractivity contribution in [2.45, 2.75) is 26.6 Å². The normalized spacial score (nSPS) is 10.9. The molecule has 6 heteroatoms.